The summed E-state index contributed by atoms with van der Waals surface area (Å²) in [7, 11) is 0. The van der Waals surface area contributed by atoms with E-state index in [9.17, 15) is 0 Å². The van der Waals surface area contributed by atoms with Crippen molar-refractivity contribution in [2.24, 2.45) is 0 Å². The van der Waals surface area contributed by atoms with Crippen LogP contribution in [0.15, 0.2) is 24.3 Å². The molecule has 3 rings (SSSR count). The molecule has 1 aromatic heterocycles. The Morgan fingerprint density at radius 2 is 2.26 bits per heavy atom. The first kappa shape index (κ1) is 12.5. The molecule has 0 radical (unpaired) electrons. The summed E-state index contributed by atoms with van der Waals surface area (Å²) in [5.74, 6) is 2.07. The molecule has 0 saturated carbocycles. The van der Waals surface area contributed by atoms with E-state index in [0.29, 0.717) is 6.61 Å². The zero-order valence-electron chi connectivity index (χ0n) is 11.1. The van der Waals surface area contributed by atoms with Crippen LogP contribution >= 0.6 is 11.3 Å². The van der Waals surface area contributed by atoms with Gasteiger partial charge in [0.05, 0.1) is 11.6 Å². The lowest BCUT2D eigenvalue weighted by Gasteiger charge is -2.10. The van der Waals surface area contributed by atoms with Crippen LogP contribution in [0.1, 0.15) is 21.9 Å². The average molecular weight is 274 g/mol. The molecule has 100 valence electrons. The first-order chi connectivity index (χ1) is 9.33. The van der Waals surface area contributed by atoms with E-state index in [0.717, 1.165) is 24.5 Å². The number of hydrogen-bond donors (Lipinski definition) is 1. The Balaban J connectivity index is 1.58. The molecule has 0 bridgehead atoms. The molecule has 0 saturated heterocycles. The van der Waals surface area contributed by atoms with Gasteiger partial charge in [0.25, 0.3) is 0 Å². The van der Waals surface area contributed by atoms with Crippen molar-refractivity contribution in [2.75, 3.05) is 18.5 Å². The second-order valence-electron chi connectivity index (χ2n) is 4.77. The topological polar surface area (TPSA) is 34.1 Å². The van der Waals surface area contributed by atoms with Gasteiger partial charge < -0.3 is 10.1 Å². The molecule has 3 nitrogen and oxygen atoms in total. The van der Waals surface area contributed by atoms with Gasteiger partial charge in [-0.1, -0.05) is 18.2 Å². The number of aromatic nitrogens is 1. The van der Waals surface area contributed by atoms with Crippen molar-refractivity contribution in [3.05, 3.63) is 39.7 Å². The number of fused-ring (bicyclic) bond motifs is 1. The minimum absolute atomic E-state index is 0.692. The van der Waals surface area contributed by atoms with Crippen LogP contribution < -0.4 is 10.1 Å². The fourth-order valence-corrected chi connectivity index (χ4v) is 3.30. The van der Waals surface area contributed by atoms with Crippen LogP contribution in [0.5, 0.6) is 5.75 Å². The Labute approximate surface area is 117 Å². The van der Waals surface area contributed by atoms with Crippen molar-refractivity contribution in [3.63, 3.8) is 0 Å². The third kappa shape index (κ3) is 2.89. The Morgan fingerprint density at radius 1 is 1.37 bits per heavy atom. The maximum Gasteiger partial charge on any atom is 0.140 e. The van der Waals surface area contributed by atoms with Gasteiger partial charge in [0, 0.05) is 17.8 Å². The van der Waals surface area contributed by atoms with E-state index in [1.165, 1.54) is 28.3 Å². The lowest BCUT2D eigenvalue weighted by atomic mass is 10.2. The van der Waals surface area contributed by atoms with Crippen molar-refractivity contribution in [2.45, 2.75) is 26.2 Å². The van der Waals surface area contributed by atoms with Gasteiger partial charge in [-0.05, 0) is 31.4 Å². The normalized spacial score (nSPS) is 13.7. The quantitative estimate of drug-likeness (QED) is 0.927. The Morgan fingerprint density at radius 3 is 3.11 bits per heavy atom. The predicted octanol–water partition coefficient (Wildman–Crippen LogP) is 3.43. The fraction of sp³-hybridized carbons (Fsp3) is 0.400. The third-order valence-electron chi connectivity index (χ3n) is 3.28. The van der Waals surface area contributed by atoms with E-state index in [4.69, 9.17) is 4.74 Å². The highest BCUT2D eigenvalue weighted by Gasteiger charge is 2.14. The van der Waals surface area contributed by atoms with Crippen LogP contribution in [-0.2, 0) is 12.8 Å². The maximum absolute atomic E-state index is 5.82. The molecule has 1 N–H and O–H groups in total. The third-order valence-corrected chi connectivity index (χ3v) is 4.46. The summed E-state index contributed by atoms with van der Waals surface area (Å²) < 4.78 is 5.82. The molecule has 0 fully saturated rings. The highest BCUT2D eigenvalue weighted by atomic mass is 32.1. The van der Waals surface area contributed by atoms with Crippen molar-refractivity contribution in [1.82, 2.24) is 4.98 Å². The second kappa shape index (κ2) is 5.61. The Hall–Kier alpha value is -1.55. The van der Waals surface area contributed by atoms with Crippen molar-refractivity contribution >= 4 is 17.2 Å². The summed E-state index contributed by atoms with van der Waals surface area (Å²) in [5, 5.41) is 4.53. The van der Waals surface area contributed by atoms with Gasteiger partial charge in [-0.2, -0.15) is 0 Å². The van der Waals surface area contributed by atoms with Crippen molar-refractivity contribution < 1.29 is 4.74 Å². The van der Waals surface area contributed by atoms with E-state index < -0.39 is 0 Å². The molecule has 0 spiro atoms. The van der Waals surface area contributed by atoms with Crippen LogP contribution in [0.25, 0.3) is 0 Å². The fourth-order valence-electron chi connectivity index (χ4n) is 2.24. The molecular formula is C15H18N2OS. The maximum atomic E-state index is 5.82. The van der Waals surface area contributed by atoms with Crippen LogP contribution in [0.3, 0.4) is 0 Å². The Kier molecular flexibility index (Phi) is 3.69. The van der Waals surface area contributed by atoms with Gasteiger partial charge in [0.1, 0.15) is 11.6 Å². The molecule has 1 aliphatic heterocycles. The molecule has 0 atom stereocenters. The summed E-state index contributed by atoms with van der Waals surface area (Å²) in [5.41, 5.74) is 1.18. The molecule has 1 aromatic carbocycles. The number of nitrogens with one attached hydrogen (secondary N) is 1. The first-order valence-corrected chi connectivity index (χ1v) is 7.55. The molecule has 1 aliphatic rings. The summed E-state index contributed by atoms with van der Waals surface area (Å²) in [6.45, 7) is 3.81. The SMILES string of the molecule is Cc1ccccc1OCCc1nc2c(s1)CCCN2. The van der Waals surface area contributed by atoms with Crippen LogP contribution in [0, 0.1) is 6.92 Å². The van der Waals surface area contributed by atoms with E-state index >= 15 is 0 Å². The molecule has 0 amide bonds. The average Bonchev–Trinajstić information content (AvgIpc) is 2.83. The zero-order chi connectivity index (χ0) is 13.1. The highest BCUT2D eigenvalue weighted by Crippen LogP contribution is 2.28. The van der Waals surface area contributed by atoms with Gasteiger partial charge in [-0.25, -0.2) is 4.98 Å². The lowest BCUT2D eigenvalue weighted by Crippen LogP contribution is -2.10. The van der Waals surface area contributed by atoms with Crippen LogP contribution in [0.4, 0.5) is 5.82 Å². The number of thiazole rings is 1. The predicted molar refractivity (Wildman–Crippen MR) is 79.3 cm³/mol. The minimum atomic E-state index is 0.692. The van der Waals surface area contributed by atoms with Gasteiger partial charge in [-0.3, -0.25) is 0 Å². The molecule has 19 heavy (non-hydrogen) atoms. The number of anilines is 1. The minimum Gasteiger partial charge on any atom is -0.493 e. The van der Waals surface area contributed by atoms with Gasteiger partial charge in [-0.15, -0.1) is 11.3 Å². The van der Waals surface area contributed by atoms with Crippen molar-refractivity contribution in [3.8, 4) is 5.75 Å². The molecule has 2 heterocycles. The standard InChI is InChI=1S/C15H18N2OS/c1-11-5-2-3-6-12(11)18-10-8-14-17-15-13(19-14)7-4-9-16-15/h2-3,5-6,16H,4,7-10H2,1H3. The zero-order valence-corrected chi connectivity index (χ0v) is 11.9. The second-order valence-corrected chi connectivity index (χ2v) is 5.94. The smallest absolute Gasteiger partial charge is 0.140 e. The summed E-state index contributed by atoms with van der Waals surface area (Å²) in [6, 6.07) is 8.13. The number of rotatable bonds is 4. The van der Waals surface area contributed by atoms with Crippen molar-refractivity contribution in [1.29, 1.82) is 0 Å². The molecule has 4 heteroatoms. The number of para-hydroxylation sites is 1. The number of nitrogens with zero attached hydrogens (tertiary/aromatic N) is 1. The van der Waals surface area contributed by atoms with E-state index in [-0.39, 0.29) is 0 Å². The molecule has 0 unspecified atom stereocenters. The summed E-state index contributed by atoms with van der Waals surface area (Å²) in [4.78, 5) is 6.03. The van der Waals surface area contributed by atoms with Crippen LogP contribution in [-0.4, -0.2) is 18.1 Å². The summed E-state index contributed by atoms with van der Waals surface area (Å²) >= 11 is 1.82. The largest absolute Gasteiger partial charge is 0.493 e. The highest BCUT2D eigenvalue weighted by molar-refractivity contribution is 7.12. The first-order valence-electron chi connectivity index (χ1n) is 6.74. The molecule has 2 aromatic rings. The van der Waals surface area contributed by atoms with Gasteiger partial charge in [0.15, 0.2) is 0 Å². The number of ether oxygens (including phenoxy) is 1. The van der Waals surface area contributed by atoms with E-state index in [2.05, 4.69) is 23.3 Å². The van der Waals surface area contributed by atoms with E-state index in [1.807, 2.05) is 29.5 Å². The van der Waals surface area contributed by atoms with Crippen LogP contribution in [0.2, 0.25) is 0 Å². The molecular weight excluding hydrogens is 256 g/mol. The summed E-state index contributed by atoms with van der Waals surface area (Å²) in [6.07, 6.45) is 3.26. The molecule has 0 aliphatic carbocycles. The van der Waals surface area contributed by atoms with E-state index in [1.54, 1.807) is 0 Å². The Bertz CT molecular complexity index is 542. The monoisotopic (exact) mass is 274 g/mol. The number of benzene rings is 1. The number of hydrogen-bond acceptors (Lipinski definition) is 4. The van der Waals surface area contributed by atoms with Gasteiger partial charge >= 0.3 is 0 Å². The van der Waals surface area contributed by atoms with Gasteiger partial charge in [0.2, 0.25) is 0 Å². The number of aryl methyl sites for hydroxylation is 2. The lowest BCUT2D eigenvalue weighted by molar-refractivity contribution is 0.319.